The summed E-state index contributed by atoms with van der Waals surface area (Å²) < 4.78 is 44.7. The quantitative estimate of drug-likeness (QED) is 0.202. The van der Waals surface area contributed by atoms with E-state index >= 15 is 0 Å². The van der Waals surface area contributed by atoms with Gasteiger partial charge >= 0.3 is 6.09 Å². The molecule has 13 nitrogen and oxygen atoms in total. The van der Waals surface area contributed by atoms with Crippen LogP contribution in [0.15, 0.2) is 42.1 Å². The third-order valence-corrected chi connectivity index (χ3v) is 8.54. The van der Waals surface area contributed by atoms with E-state index in [-0.39, 0.29) is 18.7 Å². The number of piperazine rings is 1. The van der Waals surface area contributed by atoms with Crippen molar-refractivity contribution < 1.29 is 52.3 Å². The first-order valence-electron chi connectivity index (χ1n) is 16.2. The van der Waals surface area contributed by atoms with Crippen molar-refractivity contribution >= 4 is 24.0 Å². The molecule has 1 fully saturated rings. The lowest BCUT2D eigenvalue weighted by Crippen LogP contribution is -2.61. The van der Waals surface area contributed by atoms with Crippen LogP contribution in [-0.2, 0) is 27.3 Å². The van der Waals surface area contributed by atoms with Crippen molar-refractivity contribution in [3.05, 3.63) is 69.9 Å². The number of carbonyl (C=O) groups is 3. The third-order valence-electron chi connectivity index (χ3n) is 8.54. The van der Waals surface area contributed by atoms with Crippen molar-refractivity contribution in [1.29, 1.82) is 0 Å². The molecule has 1 unspecified atom stereocenters. The number of ether oxygens (including phenoxy) is 8. The van der Waals surface area contributed by atoms with Crippen molar-refractivity contribution in [3.63, 3.8) is 0 Å². The summed E-state index contributed by atoms with van der Waals surface area (Å²) in [6, 6.07) is 9.09. The van der Waals surface area contributed by atoms with E-state index in [4.69, 9.17) is 37.9 Å². The van der Waals surface area contributed by atoms with E-state index in [1.54, 1.807) is 71.2 Å². The Hall–Kier alpha value is -5.59. The van der Waals surface area contributed by atoms with E-state index in [0.29, 0.717) is 68.1 Å². The summed E-state index contributed by atoms with van der Waals surface area (Å²) in [7, 11) is 10.5. The van der Waals surface area contributed by atoms with Crippen molar-refractivity contribution in [2.75, 3.05) is 49.8 Å². The van der Waals surface area contributed by atoms with Gasteiger partial charge in [0, 0.05) is 28.7 Å². The van der Waals surface area contributed by atoms with Gasteiger partial charge in [-0.25, -0.2) is 9.69 Å². The highest BCUT2D eigenvalue weighted by Gasteiger charge is 2.47. The van der Waals surface area contributed by atoms with Gasteiger partial charge in [0.1, 0.15) is 29.0 Å². The molecule has 0 bridgehead atoms. The number of benzene rings is 3. The fourth-order valence-corrected chi connectivity index (χ4v) is 6.23. The summed E-state index contributed by atoms with van der Waals surface area (Å²) in [6.45, 7) is 6.88. The summed E-state index contributed by atoms with van der Waals surface area (Å²) in [6.07, 6.45) is -0.176. The van der Waals surface area contributed by atoms with Gasteiger partial charge in [0.25, 0.3) is 11.8 Å². The molecule has 3 aromatic carbocycles. The number of amides is 3. The number of hydrogen-bond acceptors (Lipinski definition) is 11. The Morgan fingerprint density at radius 1 is 0.745 bits per heavy atom. The van der Waals surface area contributed by atoms with Gasteiger partial charge in [0.05, 0.1) is 62.4 Å². The molecule has 3 aromatic rings. The van der Waals surface area contributed by atoms with Gasteiger partial charge in [-0.05, 0) is 63.6 Å². The van der Waals surface area contributed by atoms with Crippen LogP contribution in [0.4, 0.5) is 4.79 Å². The van der Waals surface area contributed by atoms with Crippen LogP contribution < -0.4 is 33.2 Å². The molecule has 4 rings (SSSR count). The van der Waals surface area contributed by atoms with E-state index in [0.717, 1.165) is 4.90 Å². The molecule has 0 aliphatic carbocycles. The van der Waals surface area contributed by atoms with Crippen LogP contribution in [0, 0.1) is 13.8 Å². The second kappa shape index (κ2) is 16.4. The summed E-state index contributed by atoms with van der Waals surface area (Å²) in [4.78, 5) is 45.7. The molecule has 0 aromatic heterocycles. The Labute approximate surface area is 298 Å². The van der Waals surface area contributed by atoms with Crippen LogP contribution in [0.1, 0.15) is 41.7 Å². The average molecular weight is 707 g/mol. The highest BCUT2D eigenvalue weighted by Crippen LogP contribution is 2.43. The fourth-order valence-electron chi connectivity index (χ4n) is 6.23. The number of rotatable bonds is 13. The van der Waals surface area contributed by atoms with Crippen molar-refractivity contribution in [3.8, 4) is 40.2 Å². The van der Waals surface area contributed by atoms with E-state index in [1.165, 1.54) is 53.6 Å². The molecule has 3 amide bonds. The van der Waals surface area contributed by atoms with E-state index in [2.05, 4.69) is 0 Å². The van der Waals surface area contributed by atoms with Gasteiger partial charge in [-0.2, -0.15) is 0 Å². The van der Waals surface area contributed by atoms with Gasteiger partial charge in [0.2, 0.25) is 0 Å². The van der Waals surface area contributed by atoms with Crippen LogP contribution in [0.25, 0.3) is 6.08 Å². The van der Waals surface area contributed by atoms with Crippen LogP contribution in [-0.4, -0.2) is 89.6 Å². The van der Waals surface area contributed by atoms with Gasteiger partial charge in [-0.1, -0.05) is 12.1 Å². The van der Waals surface area contributed by atoms with Crippen LogP contribution in [0.2, 0.25) is 0 Å². The predicted molar refractivity (Wildman–Crippen MR) is 189 cm³/mol. The van der Waals surface area contributed by atoms with Crippen LogP contribution in [0.5, 0.6) is 40.2 Å². The predicted octanol–water partition coefficient (Wildman–Crippen LogP) is 5.73. The molecule has 1 heterocycles. The largest absolute Gasteiger partial charge is 0.497 e. The maximum Gasteiger partial charge on any atom is 0.417 e. The lowest BCUT2D eigenvalue weighted by Gasteiger charge is -2.40. The van der Waals surface area contributed by atoms with E-state index < -0.39 is 30.1 Å². The highest BCUT2D eigenvalue weighted by atomic mass is 16.6. The van der Waals surface area contributed by atoms with Gasteiger partial charge in [-0.15, -0.1) is 0 Å². The van der Waals surface area contributed by atoms with Gasteiger partial charge in [0.15, 0.2) is 23.0 Å². The smallest absolute Gasteiger partial charge is 0.417 e. The molecule has 274 valence electrons. The summed E-state index contributed by atoms with van der Waals surface area (Å²) >= 11 is 0. The number of nitrogens with zero attached hydrogens (tertiary/aromatic N) is 2. The highest BCUT2D eigenvalue weighted by molar-refractivity contribution is 6.13. The molecule has 1 aliphatic heterocycles. The first-order valence-corrected chi connectivity index (χ1v) is 16.2. The van der Waals surface area contributed by atoms with Crippen LogP contribution >= 0.6 is 0 Å². The molecule has 0 N–H and O–H groups in total. The molecule has 0 spiro atoms. The Morgan fingerprint density at radius 3 is 1.80 bits per heavy atom. The van der Waals surface area contributed by atoms with E-state index in [9.17, 15) is 14.4 Å². The van der Waals surface area contributed by atoms with Gasteiger partial charge in [-0.3, -0.25) is 9.59 Å². The molecule has 1 aliphatic rings. The molecule has 13 heteroatoms. The second-order valence-electron chi connectivity index (χ2n) is 11.9. The fraction of sp³-hybridized carbons (Fsp3) is 0.395. The number of carbonyl (C=O) groups excluding carboxylic acids is 3. The minimum Gasteiger partial charge on any atom is -0.497 e. The lowest BCUT2D eigenvalue weighted by molar-refractivity contribution is -0.149. The molecule has 51 heavy (non-hydrogen) atoms. The number of hydrogen-bond donors (Lipinski definition) is 0. The Bertz CT molecular complexity index is 1800. The Balaban J connectivity index is 1.99. The standard InChI is InChI=1S/C38H46N2O11/c1-21(2)51-38(43)40-29(17-26-19-31(46-7)35(50-11)23(4)33(26)48-9)36(41)39(20-24-12-14-27(44-5)15-13-24)28(37(40)42)16-25-18-30(45-6)34(49-10)22(3)32(25)47-8/h12-16,18-19,21,29H,17,20H2,1-11H3/b28-16+. The third kappa shape index (κ3) is 7.62. The van der Waals surface area contributed by atoms with Gasteiger partial charge < -0.3 is 42.8 Å². The second-order valence-corrected chi connectivity index (χ2v) is 11.9. The monoisotopic (exact) mass is 706 g/mol. The normalized spacial score (nSPS) is 15.2. The Morgan fingerprint density at radius 2 is 1.29 bits per heavy atom. The molecule has 0 radical (unpaired) electrons. The zero-order chi connectivity index (χ0) is 37.6. The minimum absolute atomic E-state index is 0.0132. The topological polar surface area (TPSA) is 132 Å². The lowest BCUT2D eigenvalue weighted by atomic mass is 9.95. The zero-order valence-electron chi connectivity index (χ0n) is 31.0. The van der Waals surface area contributed by atoms with Crippen molar-refractivity contribution in [2.45, 2.75) is 52.8 Å². The van der Waals surface area contributed by atoms with E-state index in [1.807, 2.05) is 0 Å². The number of methoxy groups -OCH3 is 7. The molecule has 1 saturated heterocycles. The number of imide groups is 1. The van der Waals surface area contributed by atoms with Crippen LogP contribution in [0.3, 0.4) is 0 Å². The first kappa shape index (κ1) is 38.2. The zero-order valence-corrected chi connectivity index (χ0v) is 31.0. The average Bonchev–Trinajstić information content (AvgIpc) is 3.11. The first-order chi connectivity index (χ1) is 24.4. The van der Waals surface area contributed by atoms with Crippen molar-refractivity contribution in [2.24, 2.45) is 0 Å². The molecular formula is C38H46N2O11. The minimum atomic E-state index is -1.33. The molecule has 0 saturated carbocycles. The SMILES string of the molecule is COc1ccc(CN2C(=O)C(Cc3cc(OC)c(OC)c(C)c3OC)N(C(=O)OC(C)C)C(=O)/C2=C\c2cc(OC)c(OC)c(C)c2OC)cc1. The summed E-state index contributed by atoms with van der Waals surface area (Å²) in [5.74, 6) is 1.79. The van der Waals surface area contributed by atoms with Crippen molar-refractivity contribution in [1.82, 2.24) is 9.80 Å². The summed E-state index contributed by atoms with van der Waals surface area (Å²) in [5.41, 5.74) is 2.76. The molecular weight excluding hydrogens is 660 g/mol. The maximum atomic E-state index is 14.9. The summed E-state index contributed by atoms with van der Waals surface area (Å²) in [5, 5.41) is 0. The molecule has 1 atom stereocenters. The maximum absolute atomic E-state index is 14.9. The Kier molecular flexibility index (Phi) is 12.3.